The van der Waals surface area contributed by atoms with Gasteiger partial charge in [0.15, 0.2) is 5.82 Å². The van der Waals surface area contributed by atoms with E-state index >= 15 is 0 Å². The van der Waals surface area contributed by atoms with Crippen molar-refractivity contribution in [3.63, 3.8) is 0 Å². The normalized spacial score (nSPS) is 10.2. The maximum absolute atomic E-state index is 8.74. The number of aromatic nitrogens is 4. The van der Waals surface area contributed by atoms with Crippen molar-refractivity contribution in [2.45, 2.75) is 0 Å². The van der Waals surface area contributed by atoms with Crippen LogP contribution in [0.1, 0.15) is 5.56 Å². The van der Waals surface area contributed by atoms with Gasteiger partial charge in [-0.15, -0.1) is 10.2 Å². The topological polar surface area (TPSA) is 75.3 Å². The molecule has 0 fully saturated rings. The average molecular weight is 233 g/mol. The third-order valence-corrected chi connectivity index (χ3v) is 2.53. The maximum atomic E-state index is 8.74. The van der Waals surface area contributed by atoms with Gasteiger partial charge in [-0.25, -0.2) is 4.98 Å². The lowest BCUT2D eigenvalue weighted by molar-refractivity contribution is 1.03. The SMILES string of the molecule is N#Cc1ccc(-c2nnc3ccncc3n2)cc1. The molecule has 0 aliphatic rings. The Balaban J connectivity index is 2.10. The maximum Gasteiger partial charge on any atom is 0.182 e. The summed E-state index contributed by atoms with van der Waals surface area (Å²) in [5.41, 5.74) is 2.84. The molecule has 0 aliphatic heterocycles. The zero-order valence-electron chi connectivity index (χ0n) is 9.28. The molecule has 0 amide bonds. The lowest BCUT2D eigenvalue weighted by Crippen LogP contribution is -1.94. The van der Waals surface area contributed by atoms with E-state index in [-0.39, 0.29) is 0 Å². The van der Waals surface area contributed by atoms with Crippen LogP contribution in [0.15, 0.2) is 42.7 Å². The summed E-state index contributed by atoms with van der Waals surface area (Å²) in [6.07, 6.45) is 3.30. The molecule has 84 valence electrons. The van der Waals surface area contributed by atoms with Gasteiger partial charge in [-0.1, -0.05) is 0 Å². The lowest BCUT2D eigenvalue weighted by atomic mass is 10.1. The fourth-order valence-corrected chi connectivity index (χ4v) is 1.60. The summed E-state index contributed by atoms with van der Waals surface area (Å²) in [7, 11) is 0. The molecule has 0 spiro atoms. The van der Waals surface area contributed by atoms with Crippen LogP contribution in [0.5, 0.6) is 0 Å². The predicted octanol–water partition coefficient (Wildman–Crippen LogP) is 1.96. The van der Waals surface area contributed by atoms with Crippen molar-refractivity contribution >= 4 is 11.0 Å². The van der Waals surface area contributed by atoms with E-state index in [1.165, 1.54) is 0 Å². The highest BCUT2D eigenvalue weighted by Crippen LogP contribution is 2.16. The van der Waals surface area contributed by atoms with Gasteiger partial charge in [-0.2, -0.15) is 5.26 Å². The number of nitriles is 1. The number of hydrogen-bond acceptors (Lipinski definition) is 5. The lowest BCUT2D eigenvalue weighted by Gasteiger charge is -2.00. The molecule has 5 nitrogen and oxygen atoms in total. The van der Waals surface area contributed by atoms with E-state index in [0.717, 1.165) is 5.56 Å². The van der Waals surface area contributed by atoms with Crippen LogP contribution in [0.25, 0.3) is 22.4 Å². The van der Waals surface area contributed by atoms with Gasteiger partial charge in [0.05, 0.1) is 17.8 Å². The molecule has 0 bridgehead atoms. The van der Waals surface area contributed by atoms with Crippen LogP contribution in [-0.4, -0.2) is 20.2 Å². The largest absolute Gasteiger partial charge is 0.262 e. The Morgan fingerprint density at radius 2 is 1.78 bits per heavy atom. The summed E-state index contributed by atoms with van der Waals surface area (Å²) in [4.78, 5) is 8.38. The van der Waals surface area contributed by atoms with Gasteiger partial charge < -0.3 is 0 Å². The Labute approximate surface area is 103 Å². The molecule has 0 atom stereocenters. The number of benzene rings is 1. The molecule has 2 heterocycles. The second-order valence-corrected chi connectivity index (χ2v) is 3.69. The number of rotatable bonds is 1. The van der Waals surface area contributed by atoms with Crippen LogP contribution < -0.4 is 0 Å². The van der Waals surface area contributed by atoms with E-state index in [9.17, 15) is 0 Å². The molecule has 0 saturated heterocycles. The van der Waals surface area contributed by atoms with Gasteiger partial charge in [-0.05, 0) is 30.3 Å². The van der Waals surface area contributed by atoms with Crippen molar-refractivity contribution in [2.75, 3.05) is 0 Å². The Bertz CT molecular complexity index is 743. The number of hydrogen-bond donors (Lipinski definition) is 0. The highest BCUT2D eigenvalue weighted by atomic mass is 15.2. The van der Waals surface area contributed by atoms with E-state index in [1.54, 1.807) is 42.7 Å². The van der Waals surface area contributed by atoms with Crippen molar-refractivity contribution in [1.82, 2.24) is 20.2 Å². The van der Waals surface area contributed by atoms with Gasteiger partial charge in [-0.3, -0.25) is 4.98 Å². The van der Waals surface area contributed by atoms with E-state index in [4.69, 9.17) is 5.26 Å². The second kappa shape index (κ2) is 4.18. The van der Waals surface area contributed by atoms with E-state index in [2.05, 4.69) is 26.2 Å². The Morgan fingerprint density at radius 1 is 0.944 bits per heavy atom. The van der Waals surface area contributed by atoms with Crippen LogP contribution in [0, 0.1) is 11.3 Å². The smallest absolute Gasteiger partial charge is 0.182 e. The second-order valence-electron chi connectivity index (χ2n) is 3.69. The first-order valence-corrected chi connectivity index (χ1v) is 5.32. The summed E-state index contributed by atoms with van der Waals surface area (Å²) in [6, 6.07) is 10.9. The Kier molecular flexibility index (Phi) is 2.39. The molecular formula is C13H7N5. The molecule has 3 aromatic rings. The predicted molar refractivity (Wildman–Crippen MR) is 65.3 cm³/mol. The Morgan fingerprint density at radius 3 is 2.56 bits per heavy atom. The van der Waals surface area contributed by atoms with Crippen molar-refractivity contribution in [3.05, 3.63) is 48.3 Å². The van der Waals surface area contributed by atoms with Gasteiger partial charge in [0.2, 0.25) is 0 Å². The minimum atomic E-state index is 0.528. The molecule has 0 radical (unpaired) electrons. The Hall–Kier alpha value is -2.87. The van der Waals surface area contributed by atoms with Crippen molar-refractivity contribution in [3.8, 4) is 17.5 Å². The minimum Gasteiger partial charge on any atom is -0.262 e. The monoisotopic (exact) mass is 233 g/mol. The zero-order chi connectivity index (χ0) is 12.4. The molecule has 0 aliphatic carbocycles. The van der Waals surface area contributed by atoms with Crippen LogP contribution >= 0.6 is 0 Å². The first kappa shape index (κ1) is 10.3. The minimum absolute atomic E-state index is 0.528. The van der Waals surface area contributed by atoms with E-state index in [1.807, 2.05) is 0 Å². The highest BCUT2D eigenvalue weighted by Gasteiger charge is 2.04. The quantitative estimate of drug-likeness (QED) is 0.642. The first-order valence-electron chi connectivity index (χ1n) is 5.32. The molecule has 2 aromatic heterocycles. The average Bonchev–Trinajstić information content (AvgIpc) is 2.47. The summed E-state index contributed by atoms with van der Waals surface area (Å²) < 4.78 is 0. The third-order valence-electron chi connectivity index (χ3n) is 2.53. The van der Waals surface area contributed by atoms with Gasteiger partial charge >= 0.3 is 0 Å². The highest BCUT2D eigenvalue weighted by molar-refractivity contribution is 5.74. The standard InChI is InChI=1S/C13H7N5/c14-7-9-1-3-10(4-2-9)13-16-12-8-15-6-5-11(12)17-18-13/h1-6,8H. The number of nitrogens with zero attached hydrogens (tertiary/aromatic N) is 5. The summed E-state index contributed by atoms with van der Waals surface area (Å²) >= 11 is 0. The van der Waals surface area contributed by atoms with E-state index in [0.29, 0.717) is 22.4 Å². The molecule has 0 saturated carbocycles. The fourth-order valence-electron chi connectivity index (χ4n) is 1.60. The van der Waals surface area contributed by atoms with Crippen LogP contribution in [0.4, 0.5) is 0 Å². The fraction of sp³-hybridized carbons (Fsp3) is 0. The molecule has 0 unspecified atom stereocenters. The number of fused-ring (bicyclic) bond motifs is 1. The zero-order valence-corrected chi connectivity index (χ0v) is 9.28. The molecular weight excluding hydrogens is 226 g/mol. The van der Waals surface area contributed by atoms with Crippen molar-refractivity contribution < 1.29 is 0 Å². The van der Waals surface area contributed by atoms with Crippen molar-refractivity contribution in [1.29, 1.82) is 5.26 Å². The van der Waals surface area contributed by atoms with E-state index < -0.39 is 0 Å². The molecule has 1 aromatic carbocycles. The summed E-state index contributed by atoms with van der Waals surface area (Å²) in [5, 5.41) is 16.9. The molecule has 5 heteroatoms. The van der Waals surface area contributed by atoms with Gasteiger partial charge in [0.25, 0.3) is 0 Å². The molecule has 0 N–H and O–H groups in total. The summed E-state index contributed by atoms with van der Waals surface area (Å²) in [6.45, 7) is 0. The van der Waals surface area contributed by atoms with Crippen molar-refractivity contribution in [2.24, 2.45) is 0 Å². The van der Waals surface area contributed by atoms with Gasteiger partial charge in [0.1, 0.15) is 11.0 Å². The van der Waals surface area contributed by atoms with Crippen LogP contribution in [-0.2, 0) is 0 Å². The van der Waals surface area contributed by atoms with Crippen LogP contribution in [0.2, 0.25) is 0 Å². The van der Waals surface area contributed by atoms with Crippen LogP contribution in [0.3, 0.4) is 0 Å². The van der Waals surface area contributed by atoms with Gasteiger partial charge in [0, 0.05) is 11.8 Å². The molecule has 3 rings (SSSR count). The summed E-state index contributed by atoms with van der Waals surface area (Å²) in [5.74, 6) is 0.528. The third kappa shape index (κ3) is 1.76. The number of pyridine rings is 1. The molecule has 18 heavy (non-hydrogen) atoms. The first-order chi connectivity index (χ1) is 8.86.